The Kier molecular flexibility index (Phi) is 10.6. The van der Waals surface area contributed by atoms with E-state index < -0.39 is 0 Å². The molecule has 0 saturated carbocycles. The summed E-state index contributed by atoms with van der Waals surface area (Å²) in [5, 5.41) is 0. The van der Waals surface area contributed by atoms with Crippen molar-refractivity contribution in [2.45, 2.75) is 79.1 Å². The maximum atomic E-state index is 2.45. The van der Waals surface area contributed by atoms with Crippen LogP contribution in [-0.4, -0.2) is 32.2 Å². The lowest BCUT2D eigenvalue weighted by atomic mass is 9.92. The fourth-order valence-electron chi connectivity index (χ4n) is 2.89. The van der Waals surface area contributed by atoms with Gasteiger partial charge in [0.05, 0.1) is 27.7 Å². The van der Waals surface area contributed by atoms with Gasteiger partial charge in [-0.3, -0.25) is 0 Å². The Morgan fingerprint density at radius 2 is 1.00 bits per heavy atom. The van der Waals surface area contributed by atoms with Crippen molar-refractivity contribution in [2.75, 3.05) is 27.7 Å². The van der Waals surface area contributed by atoms with Gasteiger partial charge in [-0.1, -0.05) is 66.2 Å². The highest BCUT2D eigenvalue weighted by Crippen LogP contribution is 2.21. The smallest absolute Gasteiger partial charge is 0.0780 e. The molecule has 0 radical (unpaired) electrons. The first-order valence-electron chi connectivity index (χ1n) is 9.01. The van der Waals surface area contributed by atoms with Crippen LogP contribution < -0.4 is 0 Å². The summed E-state index contributed by atoms with van der Waals surface area (Å²) in [7, 11) is 6.89. The van der Waals surface area contributed by atoms with Crippen molar-refractivity contribution < 1.29 is 4.48 Å². The average Bonchev–Trinajstić information content (AvgIpc) is 2.26. The van der Waals surface area contributed by atoms with Crippen LogP contribution in [0, 0.1) is 17.8 Å². The highest BCUT2D eigenvalue weighted by atomic mass is 15.3. The van der Waals surface area contributed by atoms with Gasteiger partial charge in [0, 0.05) is 0 Å². The third-order valence-corrected chi connectivity index (χ3v) is 4.40. The molecule has 122 valence electrons. The number of hydrogen-bond donors (Lipinski definition) is 0. The van der Waals surface area contributed by atoms with E-state index in [1.165, 1.54) is 57.9 Å². The van der Waals surface area contributed by atoms with Gasteiger partial charge in [0.2, 0.25) is 0 Å². The lowest BCUT2D eigenvalue weighted by Crippen LogP contribution is -2.35. The first kappa shape index (κ1) is 20.0. The van der Waals surface area contributed by atoms with Crippen LogP contribution in [0.5, 0.6) is 0 Å². The molecule has 0 aliphatic carbocycles. The number of quaternary nitrogens is 1. The van der Waals surface area contributed by atoms with Gasteiger partial charge in [-0.25, -0.2) is 0 Å². The van der Waals surface area contributed by atoms with E-state index in [0.717, 1.165) is 22.2 Å². The van der Waals surface area contributed by atoms with E-state index in [1.54, 1.807) is 0 Å². The van der Waals surface area contributed by atoms with Crippen molar-refractivity contribution >= 4 is 0 Å². The van der Waals surface area contributed by atoms with E-state index in [1.807, 2.05) is 0 Å². The van der Waals surface area contributed by atoms with Crippen LogP contribution in [0.2, 0.25) is 0 Å². The molecule has 2 unspecified atom stereocenters. The van der Waals surface area contributed by atoms with Crippen LogP contribution in [0.15, 0.2) is 0 Å². The predicted molar refractivity (Wildman–Crippen MR) is 93.0 cm³/mol. The molecule has 0 aliphatic rings. The SMILES string of the molecule is CC(C)CCCC(C)CCCC(C)CCC[N+](C)(C)C. The van der Waals surface area contributed by atoms with Crippen LogP contribution in [0.4, 0.5) is 0 Å². The van der Waals surface area contributed by atoms with E-state index in [-0.39, 0.29) is 0 Å². The molecule has 0 N–H and O–H groups in total. The van der Waals surface area contributed by atoms with E-state index in [2.05, 4.69) is 48.8 Å². The van der Waals surface area contributed by atoms with Crippen molar-refractivity contribution in [3.63, 3.8) is 0 Å². The summed E-state index contributed by atoms with van der Waals surface area (Å²) >= 11 is 0. The number of nitrogens with zero attached hydrogens (tertiary/aromatic N) is 1. The molecule has 0 aromatic heterocycles. The molecule has 0 amide bonds. The normalized spacial score (nSPS) is 15.6. The van der Waals surface area contributed by atoms with E-state index in [4.69, 9.17) is 0 Å². The predicted octanol–water partition coefficient (Wildman–Crippen LogP) is 5.74. The van der Waals surface area contributed by atoms with Gasteiger partial charge < -0.3 is 4.48 Å². The van der Waals surface area contributed by atoms with Crippen molar-refractivity contribution in [2.24, 2.45) is 17.8 Å². The highest BCUT2D eigenvalue weighted by Gasteiger charge is 2.09. The second-order valence-electron chi connectivity index (χ2n) is 8.62. The van der Waals surface area contributed by atoms with Crippen molar-refractivity contribution in [1.29, 1.82) is 0 Å². The first-order chi connectivity index (χ1) is 9.20. The maximum absolute atomic E-state index is 2.45. The summed E-state index contributed by atoms with van der Waals surface area (Å²) in [5.74, 6) is 2.74. The van der Waals surface area contributed by atoms with Gasteiger partial charge in [0.15, 0.2) is 0 Å². The molecular formula is C19H42N+. The van der Waals surface area contributed by atoms with Crippen LogP contribution in [-0.2, 0) is 0 Å². The second kappa shape index (κ2) is 10.7. The zero-order valence-electron chi connectivity index (χ0n) is 15.5. The van der Waals surface area contributed by atoms with Gasteiger partial charge in [-0.2, -0.15) is 0 Å². The molecule has 0 heterocycles. The molecule has 20 heavy (non-hydrogen) atoms. The minimum absolute atomic E-state index is 0.878. The van der Waals surface area contributed by atoms with Gasteiger partial charge in [-0.05, 0) is 30.6 Å². The fraction of sp³-hybridized carbons (Fsp3) is 1.00. The standard InChI is InChI=1S/C19H42N/c1-17(2)11-8-12-18(3)13-9-14-19(4)15-10-16-20(5,6)7/h17-19H,8-16H2,1-7H3/q+1. The Morgan fingerprint density at radius 1 is 0.600 bits per heavy atom. The average molecular weight is 285 g/mol. The molecular weight excluding hydrogens is 242 g/mol. The third kappa shape index (κ3) is 14.4. The van der Waals surface area contributed by atoms with E-state index in [0.29, 0.717) is 0 Å². The third-order valence-electron chi connectivity index (χ3n) is 4.40. The zero-order chi connectivity index (χ0) is 15.6. The van der Waals surface area contributed by atoms with Gasteiger partial charge in [-0.15, -0.1) is 0 Å². The second-order valence-corrected chi connectivity index (χ2v) is 8.62. The molecule has 0 aliphatic heterocycles. The Balaban J connectivity index is 3.48. The Labute approximate surface area is 129 Å². The lowest BCUT2D eigenvalue weighted by Gasteiger charge is -2.24. The molecule has 0 rings (SSSR count). The summed E-state index contributed by atoms with van der Waals surface area (Å²) in [6, 6.07) is 0. The molecule has 0 aromatic rings. The van der Waals surface area contributed by atoms with Crippen LogP contribution in [0.25, 0.3) is 0 Å². The number of hydrogen-bond acceptors (Lipinski definition) is 0. The molecule has 0 saturated heterocycles. The van der Waals surface area contributed by atoms with E-state index >= 15 is 0 Å². The van der Waals surface area contributed by atoms with Crippen LogP contribution >= 0.6 is 0 Å². The molecule has 0 fully saturated rings. The highest BCUT2D eigenvalue weighted by molar-refractivity contribution is 4.59. The van der Waals surface area contributed by atoms with Crippen LogP contribution in [0.1, 0.15) is 79.1 Å². The number of rotatable bonds is 12. The van der Waals surface area contributed by atoms with Crippen molar-refractivity contribution in [1.82, 2.24) is 0 Å². The van der Waals surface area contributed by atoms with Gasteiger partial charge in [0.1, 0.15) is 0 Å². The molecule has 1 heteroatoms. The molecule has 0 spiro atoms. The fourth-order valence-corrected chi connectivity index (χ4v) is 2.89. The summed E-state index contributed by atoms with van der Waals surface area (Å²) in [4.78, 5) is 0. The topological polar surface area (TPSA) is 0 Å². The minimum atomic E-state index is 0.878. The quantitative estimate of drug-likeness (QED) is 0.401. The summed E-state index contributed by atoms with van der Waals surface area (Å²) in [6.45, 7) is 10.9. The molecule has 2 atom stereocenters. The lowest BCUT2D eigenvalue weighted by molar-refractivity contribution is -0.870. The monoisotopic (exact) mass is 284 g/mol. The van der Waals surface area contributed by atoms with Gasteiger partial charge in [0.25, 0.3) is 0 Å². The first-order valence-corrected chi connectivity index (χ1v) is 9.01. The Morgan fingerprint density at radius 3 is 1.40 bits per heavy atom. The molecule has 0 bridgehead atoms. The summed E-state index contributed by atoms with van der Waals surface area (Å²) in [6.07, 6.45) is 11.4. The minimum Gasteiger partial charge on any atom is -0.331 e. The van der Waals surface area contributed by atoms with Crippen LogP contribution in [0.3, 0.4) is 0 Å². The van der Waals surface area contributed by atoms with Crippen molar-refractivity contribution in [3.8, 4) is 0 Å². The Hall–Kier alpha value is -0.0400. The molecule has 1 nitrogen and oxygen atoms in total. The zero-order valence-corrected chi connectivity index (χ0v) is 15.5. The van der Waals surface area contributed by atoms with E-state index in [9.17, 15) is 0 Å². The molecule has 0 aromatic carbocycles. The summed E-state index contributed by atoms with van der Waals surface area (Å²) in [5.41, 5.74) is 0. The largest absolute Gasteiger partial charge is 0.331 e. The summed E-state index contributed by atoms with van der Waals surface area (Å²) < 4.78 is 1.11. The van der Waals surface area contributed by atoms with Crippen molar-refractivity contribution in [3.05, 3.63) is 0 Å². The maximum Gasteiger partial charge on any atom is 0.0780 e. The Bertz CT molecular complexity index is 214. The van der Waals surface area contributed by atoms with Gasteiger partial charge >= 0.3 is 0 Å².